The second kappa shape index (κ2) is 9.24. The number of ether oxygens (including phenoxy) is 3. The SMILES string of the molecule is CCOc1ccc(C2C3=C(OC4CCCCC4C3=O)C(=O)N2c2nc3ccc(OCC)cc3s2)cc1. The van der Waals surface area contributed by atoms with Crippen molar-refractivity contribution in [1.82, 2.24) is 4.98 Å². The Bertz CT molecular complexity index is 1360. The van der Waals surface area contributed by atoms with E-state index in [4.69, 9.17) is 19.2 Å². The monoisotopic (exact) mass is 504 g/mol. The number of carbonyl (C=O) groups is 2. The number of hydrogen-bond donors (Lipinski definition) is 0. The third-order valence-corrected chi connectivity index (χ3v) is 8.15. The fraction of sp³-hybridized carbons (Fsp3) is 0.393. The average molecular weight is 505 g/mol. The lowest BCUT2D eigenvalue weighted by molar-refractivity contribution is -0.131. The van der Waals surface area contributed by atoms with E-state index < -0.39 is 6.04 Å². The number of ketones is 1. The van der Waals surface area contributed by atoms with Gasteiger partial charge < -0.3 is 14.2 Å². The molecule has 3 unspecified atom stereocenters. The van der Waals surface area contributed by atoms with Crippen LogP contribution < -0.4 is 14.4 Å². The summed E-state index contributed by atoms with van der Waals surface area (Å²) in [5.41, 5.74) is 2.07. The highest BCUT2D eigenvalue weighted by Crippen LogP contribution is 2.49. The molecule has 0 radical (unpaired) electrons. The quantitative estimate of drug-likeness (QED) is 0.435. The van der Waals surface area contributed by atoms with E-state index in [2.05, 4.69) is 0 Å². The summed E-state index contributed by atoms with van der Waals surface area (Å²) in [4.78, 5) is 34.1. The molecule has 2 aromatic carbocycles. The molecule has 7 nitrogen and oxygen atoms in total. The van der Waals surface area contributed by atoms with Gasteiger partial charge in [-0.1, -0.05) is 29.9 Å². The predicted octanol–water partition coefficient (Wildman–Crippen LogP) is 5.59. The van der Waals surface area contributed by atoms with Crippen molar-refractivity contribution in [3.8, 4) is 11.5 Å². The van der Waals surface area contributed by atoms with Crippen LogP contribution in [0, 0.1) is 5.92 Å². The van der Waals surface area contributed by atoms with Gasteiger partial charge in [0.2, 0.25) is 0 Å². The normalized spacial score (nSPS) is 23.5. The highest BCUT2D eigenvalue weighted by molar-refractivity contribution is 7.22. The molecule has 0 N–H and O–H groups in total. The Labute approximate surface area is 213 Å². The summed E-state index contributed by atoms with van der Waals surface area (Å²) in [6.45, 7) is 5.01. The van der Waals surface area contributed by atoms with Crippen LogP contribution in [0.2, 0.25) is 0 Å². The third kappa shape index (κ3) is 3.75. The Morgan fingerprint density at radius 2 is 1.72 bits per heavy atom. The number of fused-ring (bicyclic) bond motifs is 2. The summed E-state index contributed by atoms with van der Waals surface area (Å²) in [7, 11) is 0. The maximum atomic E-state index is 13.9. The fourth-order valence-electron chi connectivity index (χ4n) is 5.52. The van der Waals surface area contributed by atoms with E-state index >= 15 is 0 Å². The number of thiazole rings is 1. The minimum absolute atomic E-state index is 0.0374. The molecule has 1 amide bonds. The zero-order chi connectivity index (χ0) is 24.8. The van der Waals surface area contributed by atoms with Crippen molar-refractivity contribution >= 4 is 38.4 Å². The maximum absolute atomic E-state index is 13.9. The second-order valence-corrected chi connectivity index (χ2v) is 10.3. The number of Topliss-reactive ketones (excluding diaryl/α,β-unsaturated/α-hetero) is 1. The molecule has 36 heavy (non-hydrogen) atoms. The van der Waals surface area contributed by atoms with Crippen LogP contribution in [0.3, 0.4) is 0 Å². The number of amides is 1. The van der Waals surface area contributed by atoms with E-state index in [-0.39, 0.29) is 29.5 Å². The molecule has 3 aromatic rings. The maximum Gasteiger partial charge on any atom is 0.296 e. The molecule has 3 atom stereocenters. The second-order valence-electron chi connectivity index (χ2n) is 9.29. The number of hydrogen-bond acceptors (Lipinski definition) is 7. The topological polar surface area (TPSA) is 78.0 Å². The van der Waals surface area contributed by atoms with Crippen molar-refractivity contribution in [3.05, 3.63) is 59.4 Å². The molecule has 186 valence electrons. The van der Waals surface area contributed by atoms with Gasteiger partial charge in [-0.25, -0.2) is 4.98 Å². The predicted molar refractivity (Wildman–Crippen MR) is 137 cm³/mol. The van der Waals surface area contributed by atoms with Gasteiger partial charge in [-0.3, -0.25) is 14.5 Å². The molecule has 0 bridgehead atoms. The summed E-state index contributed by atoms with van der Waals surface area (Å²) < 4.78 is 18.5. The van der Waals surface area contributed by atoms with Gasteiger partial charge in [-0.2, -0.15) is 0 Å². The minimum atomic E-state index is -0.592. The van der Waals surface area contributed by atoms with Crippen molar-refractivity contribution in [2.75, 3.05) is 18.1 Å². The number of aromatic nitrogens is 1. The van der Waals surface area contributed by atoms with Crippen molar-refractivity contribution in [2.45, 2.75) is 51.7 Å². The molecule has 0 spiro atoms. The lowest BCUT2D eigenvalue weighted by Crippen LogP contribution is -2.39. The molecule has 1 aromatic heterocycles. The van der Waals surface area contributed by atoms with Crippen molar-refractivity contribution in [2.24, 2.45) is 5.92 Å². The van der Waals surface area contributed by atoms with Crippen molar-refractivity contribution in [1.29, 1.82) is 0 Å². The van der Waals surface area contributed by atoms with Crippen LogP contribution in [0.15, 0.2) is 53.8 Å². The molecule has 1 saturated carbocycles. The number of carbonyl (C=O) groups excluding carboxylic acids is 2. The standard InChI is InChI=1S/C28H28N2O5S/c1-3-33-17-11-9-16(10-12-17)24-23-25(31)19-7-5-6-8-21(19)35-26(23)27(32)30(24)28-29-20-14-13-18(34-4-2)15-22(20)36-28/h9-15,19,21,24H,3-8H2,1-2H3. The van der Waals surface area contributed by atoms with Gasteiger partial charge in [0, 0.05) is 0 Å². The largest absolute Gasteiger partial charge is 0.494 e. The van der Waals surface area contributed by atoms with Crippen LogP contribution in [-0.4, -0.2) is 36.0 Å². The third-order valence-electron chi connectivity index (χ3n) is 7.14. The summed E-state index contributed by atoms with van der Waals surface area (Å²) in [6, 6.07) is 12.7. The first kappa shape index (κ1) is 23.0. The van der Waals surface area contributed by atoms with Crippen LogP contribution in [0.25, 0.3) is 10.2 Å². The first-order valence-electron chi connectivity index (χ1n) is 12.6. The van der Waals surface area contributed by atoms with E-state index in [0.717, 1.165) is 53.0 Å². The summed E-state index contributed by atoms with van der Waals surface area (Å²) in [5, 5.41) is 0.538. The highest BCUT2D eigenvalue weighted by atomic mass is 32.1. The van der Waals surface area contributed by atoms with Crippen LogP contribution in [-0.2, 0) is 14.3 Å². The smallest absolute Gasteiger partial charge is 0.296 e. The van der Waals surface area contributed by atoms with E-state index in [1.54, 1.807) is 4.90 Å². The average Bonchev–Trinajstić information content (AvgIpc) is 3.43. The van der Waals surface area contributed by atoms with Gasteiger partial charge in [-0.15, -0.1) is 0 Å². The van der Waals surface area contributed by atoms with Crippen molar-refractivity contribution in [3.63, 3.8) is 0 Å². The Hall–Kier alpha value is -3.39. The van der Waals surface area contributed by atoms with Crippen LogP contribution in [0.1, 0.15) is 51.1 Å². The zero-order valence-corrected chi connectivity index (χ0v) is 21.2. The van der Waals surface area contributed by atoms with Gasteiger partial charge >= 0.3 is 0 Å². The fourth-order valence-corrected chi connectivity index (χ4v) is 6.54. The number of rotatable bonds is 6. The van der Waals surface area contributed by atoms with E-state index in [0.29, 0.717) is 23.9 Å². The van der Waals surface area contributed by atoms with Crippen LogP contribution in [0.5, 0.6) is 11.5 Å². The lowest BCUT2D eigenvalue weighted by atomic mass is 9.77. The van der Waals surface area contributed by atoms with Crippen molar-refractivity contribution < 1.29 is 23.8 Å². The Morgan fingerprint density at radius 3 is 2.50 bits per heavy atom. The first-order chi connectivity index (χ1) is 17.6. The van der Waals surface area contributed by atoms with E-state index in [9.17, 15) is 9.59 Å². The van der Waals surface area contributed by atoms with Crippen LogP contribution >= 0.6 is 11.3 Å². The first-order valence-corrected chi connectivity index (χ1v) is 13.5. The Kier molecular flexibility index (Phi) is 5.91. The van der Waals surface area contributed by atoms with Gasteiger partial charge in [0.1, 0.15) is 17.6 Å². The molecule has 1 fully saturated rings. The summed E-state index contributed by atoms with van der Waals surface area (Å²) >= 11 is 1.42. The molecule has 6 rings (SSSR count). The van der Waals surface area contributed by atoms with Gasteiger partial charge in [0.25, 0.3) is 5.91 Å². The molecular weight excluding hydrogens is 476 g/mol. The molecule has 0 saturated heterocycles. The molecular formula is C28H28N2O5S. The van der Waals surface area contributed by atoms with E-state index in [1.165, 1.54) is 11.3 Å². The lowest BCUT2D eigenvalue weighted by Gasteiger charge is -2.35. The number of anilines is 1. The summed E-state index contributed by atoms with van der Waals surface area (Å²) in [6.07, 6.45) is 3.39. The Morgan fingerprint density at radius 1 is 1.00 bits per heavy atom. The van der Waals surface area contributed by atoms with Gasteiger partial charge in [-0.05, 0) is 69.0 Å². The molecule has 2 aliphatic heterocycles. The minimum Gasteiger partial charge on any atom is -0.494 e. The van der Waals surface area contributed by atoms with Gasteiger partial charge in [0.05, 0.1) is 41.0 Å². The molecule has 3 aliphatic rings. The zero-order valence-electron chi connectivity index (χ0n) is 20.4. The summed E-state index contributed by atoms with van der Waals surface area (Å²) in [5.74, 6) is 1.24. The highest BCUT2D eigenvalue weighted by Gasteiger charge is 2.53. The molecule has 8 heteroatoms. The molecule has 1 aliphatic carbocycles. The number of benzene rings is 2. The Balaban J connectivity index is 1.46. The van der Waals surface area contributed by atoms with Gasteiger partial charge in [0.15, 0.2) is 16.7 Å². The van der Waals surface area contributed by atoms with E-state index in [1.807, 2.05) is 56.3 Å². The number of nitrogens with zero attached hydrogens (tertiary/aromatic N) is 2. The molecule has 3 heterocycles. The van der Waals surface area contributed by atoms with Crippen LogP contribution in [0.4, 0.5) is 5.13 Å².